The second kappa shape index (κ2) is 7.08. The molecule has 0 spiro atoms. The van der Waals surface area contributed by atoms with Gasteiger partial charge in [0.2, 0.25) is 5.91 Å². The molecule has 0 aliphatic carbocycles. The van der Waals surface area contributed by atoms with Gasteiger partial charge in [0.25, 0.3) is 0 Å². The maximum Gasteiger partial charge on any atom is 0.227 e. The van der Waals surface area contributed by atoms with Gasteiger partial charge in [0.1, 0.15) is 17.3 Å². The van der Waals surface area contributed by atoms with Crippen molar-refractivity contribution in [3.05, 3.63) is 72.0 Å². The number of anilines is 1. The molecule has 0 N–H and O–H groups in total. The van der Waals surface area contributed by atoms with Crippen molar-refractivity contribution in [3.8, 4) is 17.1 Å². The van der Waals surface area contributed by atoms with Gasteiger partial charge in [0.15, 0.2) is 0 Å². The number of hydrogen-bond donors (Lipinski definition) is 0. The lowest BCUT2D eigenvalue weighted by Gasteiger charge is -2.16. The van der Waals surface area contributed by atoms with E-state index < -0.39 is 0 Å². The standard InChI is InChI=1S/C22H21NO3/c1-25-18-8-6-17(7-9-18)21-12-10-19(26-21)11-13-22(24)23-15-14-16-4-2-3-5-20(16)23/h2-10,12H,11,13-15H2,1H3. The lowest BCUT2D eigenvalue weighted by molar-refractivity contribution is -0.118. The first-order chi connectivity index (χ1) is 12.7. The van der Waals surface area contributed by atoms with Crippen LogP contribution in [-0.2, 0) is 17.6 Å². The minimum Gasteiger partial charge on any atom is -0.497 e. The van der Waals surface area contributed by atoms with Gasteiger partial charge in [0, 0.05) is 30.6 Å². The molecule has 4 heteroatoms. The van der Waals surface area contributed by atoms with Crippen LogP contribution in [0.2, 0.25) is 0 Å². The first-order valence-electron chi connectivity index (χ1n) is 8.86. The lowest BCUT2D eigenvalue weighted by Crippen LogP contribution is -2.28. The normalized spacial score (nSPS) is 12.9. The highest BCUT2D eigenvalue weighted by atomic mass is 16.5. The molecule has 4 nitrogen and oxygen atoms in total. The molecule has 0 fully saturated rings. The van der Waals surface area contributed by atoms with E-state index >= 15 is 0 Å². The van der Waals surface area contributed by atoms with Crippen LogP contribution in [-0.4, -0.2) is 19.6 Å². The Morgan fingerprint density at radius 2 is 1.88 bits per heavy atom. The van der Waals surface area contributed by atoms with Crippen molar-refractivity contribution in [3.63, 3.8) is 0 Å². The number of methoxy groups -OCH3 is 1. The summed E-state index contributed by atoms with van der Waals surface area (Å²) in [5, 5.41) is 0. The number of furan rings is 1. The van der Waals surface area contributed by atoms with Crippen LogP contribution in [0.3, 0.4) is 0 Å². The van der Waals surface area contributed by atoms with E-state index in [1.54, 1.807) is 7.11 Å². The summed E-state index contributed by atoms with van der Waals surface area (Å²) in [4.78, 5) is 14.5. The molecule has 0 saturated heterocycles. The van der Waals surface area contributed by atoms with E-state index in [2.05, 4.69) is 6.07 Å². The van der Waals surface area contributed by atoms with Gasteiger partial charge < -0.3 is 14.1 Å². The van der Waals surface area contributed by atoms with Gasteiger partial charge in [-0.05, 0) is 54.4 Å². The highest BCUT2D eigenvalue weighted by Crippen LogP contribution is 2.29. The van der Waals surface area contributed by atoms with E-state index in [4.69, 9.17) is 9.15 Å². The fourth-order valence-electron chi connectivity index (χ4n) is 3.39. The summed E-state index contributed by atoms with van der Waals surface area (Å²) in [6, 6.07) is 19.8. The van der Waals surface area contributed by atoms with Crippen LogP contribution in [0.1, 0.15) is 17.7 Å². The molecule has 26 heavy (non-hydrogen) atoms. The van der Waals surface area contributed by atoms with Gasteiger partial charge in [-0.1, -0.05) is 18.2 Å². The molecule has 0 bridgehead atoms. The maximum atomic E-state index is 12.6. The number of aryl methyl sites for hydroxylation is 1. The summed E-state index contributed by atoms with van der Waals surface area (Å²) in [6.07, 6.45) is 1.99. The Balaban J connectivity index is 1.39. The van der Waals surface area contributed by atoms with Crippen molar-refractivity contribution < 1.29 is 13.9 Å². The summed E-state index contributed by atoms with van der Waals surface area (Å²) in [5.74, 6) is 2.60. The fourth-order valence-corrected chi connectivity index (χ4v) is 3.39. The third-order valence-corrected chi connectivity index (χ3v) is 4.81. The Hall–Kier alpha value is -3.01. The average molecular weight is 347 g/mol. The van der Waals surface area contributed by atoms with Gasteiger partial charge in [-0.2, -0.15) is 0 Å². The zero-order valence-electron chi connectivity index (χ0n) is 14.8. The Morgan fingerprint density at radius 1 is 1.08 bits per heavy atom. The summed E-state index contributed by atoms with van der Waals surface area (Å²) >= 11 is 0. The highest BCUT2D eigenvalue weighted by molar-refractivity contribution is 5.95. The quantitative estimate of drug-likeness (QED) is 0.683. The summed E-state index contributed by atoms with van der Waals surface area (Å²) in [7, 11) is 1.65. The molecule has 1 amide bonds. The third-order valence-electron chi connectivity index (χ3n) is 4.81. The van der Waals surface area contributed by atoms with Crippen LogP contribution < -0.4 is 9.64 Å². The molecule has 2 aromatic carbocycles. The second-order valence-electron chi connectivity index (χ2n) is 6.42. The monoisotopic (exact) mass is 347 g/mol. The number of nitrogens with zero attached hydrogens (tertiary/aromatic N) is 1. The summed E-state index contributed by atoms with van der Waals surface area (Å²) in [6.45, 7) is 0.771. The predicted molar refractivity (Wildman–Crippen MR) is 102 cm³/mol. The van der Waals surface area contributed by atoms with Crippen LogP contribution in [0, 0.1) is 0 Å². The van der Waals surface area contributed by atoms with Crippen molar-refractivity contribution in [1.82, 2.24) is 0 Å². The summed E-state index contributed by atoms with van der Waals surface area (Å²) in [5.41, 5.74) is 3.30. The highest BCUT2D eigenvalue weighted by Gasteiger charge is 2.23. The molecular formula is C22H21NO3. The number of para-hydroxylation sites is 1. The molecule has 0 unspecified atom stereocenters. The zero-order valence-corrected chi connectivity index (χ0v) is 14.8. The molecule has 1 aromatic heterocycles. The van der Waals surface area contributed by atoms with Crippen LogP contribution in [0.4, 0.5) is 5.69 Å². The van der Waals surface area contributed by atoms with Crippen molar-refractivity contribution in [2.75, 3.05) is 18.6 Å². The first kappa shape index (κ1) is 16.5. The van der Waals surface area contributed by atoms with Crippen molar-refractivity contribution in [2.45, 2.75) is 19.3 Å². The first-order valence-corrected chi connectivity index (χ1v) is 8.86. The molecular weight excluding hydrogens is 326 g/mol. The van der Waals surface area contributed by atoms with Crippen LogP contribution in [0.25, 0.3) is 11.3 Å². The molecule has 2 heterocycles. The lowest BCUT2D eigenvalue weighted by atomic mass is 10.1. The Bertz CT molecular complexity index is 911. The zero-order chi connectivity index (χ0) is 17.9. The fraction of sp³-hybridized carbons (Fsp3) is 0.227. The predicted octanol–water partition coefficient (Wildman–Crippen LogP) is 4.48. The van der Waals surface area contributed by atoms with E-state index in [0.717, 1.165) is 41.5 Å². The topological polar surface area (TPSA) is 42.7 Å². The van der Waals surface area contributed by atoms with Gasteiger partial charge in [-0.3, -0.25) is 4.79 Å². The number of amides is 1. The molecule has 1 aliphatic heterocycles. The number of carbonyl (C=O) groups is 1. The van der Waals surface area contributed by atoms with Crippen LogP contribution >= 0.6 is 0 Å². The number of fused-ring (bicyclic) bond motifs is 1. The van der Waals surface area contributed by atoms with E-state index in [9.17, 15) is 4.79 Å². The van der Waals surface area contributed by atoms with Gasteiger partial charge in [0.05, 0.1) is 7.11 Å². The Labute approximate surface area is 153 Å². The number of carbonyl (C=O) groups excluding carboxylic acids is 1. The van der Waals surface area contributed by atoms with Gasteiger partial charge in [-0.15, -0.1) is 0 Å². The number of benzene rings is 2. The number of rotatable bonds is 5. The molecule has 1 aliphatic rings. The number of ether oxygens (including phenoxy) is 1. The van der Waals surface area contributed by atoms with E-state index in [1.807, 2.05) is 59.5 Å². The smallest absolute Gasteiger partial charge is 0.227 e. The minimum absolute atomic E-state index is 0.150. The SMILES string of the molecule is COc1ccc(-c2ccc(CCC(=O)N3CCc4ccccc43)o2)cc1. The molecule has 0 saturated carbocycles. The van der Waals surface area contributed by atoms with Crippen molar-refractivity contribution in [2.24, 2.45) is 0 Å². The Kier molecular flexibility index (Phi) is 4.48. The summed E-state index contributed by atoms with van der Waals surface area (Å²) < 4.78 is 11.1. The largest absolute Gasteiger partial charge is 0.497 e. The van der Waals surface area contributed by atoms with Crippen LogP contribution in [0.15, 0.2) is 65.1 Å². The second-order valence-corrected chi connectivity index (χ2v) is 6.42. The third kappa shape index (κ3) is 3.23. The van der Waals surface area contributed by atoms with Crippen LogP contribution in [0.5, 0.6) is 5.75 Å². The van der Waals surface area contributed by atoms with Crippen molar-refractivity contribution >= 4 is 11.6 Å². The van der Waals surface area contributed by atoms with E-state index in [1.165, 1.54) is 5.56 Å². The van der Waals surface area contributed by atoms with E-state index in [-0.39, 0.29) is 5.91 Å². The number of hydrogen-bond acceptors (Lipinski definition) is 3. The van der Waals surface area contributed by atoms with Gasteiger partial charge in [-0.25, -0.2) is 0 Å². The van der Waals surface area contributed by atoms with Gasteiger partial charge >= 0.3 is 0 Å². The Morgan fingerprint density at radius 3 is 2.69 bits per heavy atom. The molecule has 0 atom stereocenters. The molecule has 0 radical (unpaired) electrons. The molecule has 3 aromatic rings. The molecule has 4 rings (SSSR count). The average Bonchev–Trinajstić information content (AvgIpc) is 3.33. The maximum absolute atomic E-state index is 12.6. The molecule has 132 valence electrons. The minimum atomic E-state index is 0.150. The van der Waals surface area contributed by atoms with E-state index in [0.29, 0.717) is 12.8 Å². The van der Waals surface area contributed by atoms with Crippen molar-refractivity contribution in [1.29, 1.82) is 0 Å².